The minimum atomic E-state index is -0.121. The number of hydrogen-bond donors (Lipinski definition) is 1. The van der Waals surface area contributed by atoms with E-state index in [1.54, 1.807) is 15.9 Å². The molecule has 0 unspecified atom stereocenters. The van der Waals surface area contributed by atoms with Gasteiger partial charge in [-0.3, -0.25) is 9.36 Å². The molecule has 6 heteroatoms. The van der Waals surface area contributed by atoms with Crippen molar-refractivity contribution in [2.45, 2.75) is 25.8 Å². The maximum Gasteiger partial charge on any atom is 0.272 e. The molecule has 0 aliphatic rings. The first-order chi connectivity index (χ1) is 9.49. The van der Waals surface area contributed by atoms with Gasteiger partial charge in [-0.1, -0.05) is 19.9 Å². The maximum atomic E-state index is 12.5. The highest BCUT2D eigenvalue weighted by Gasteiger charge is 2.24. The number of H-pyrrole nitrogens is 1. The van der Waals surface area contributed by atoms with Crippen LogP contribution in [-0.2, 0) is 12.0 Å². The summed E-state index contributed by atoms with van der Waals surface area (Å²) in [4.78, 5) is 16.9. The zero-order valence-corrected chi connectivity index (χ0v) is 13.6. The number of aromatic amines is 1. The number of rotatable bonds is 3. The molecule has 0 bridgehead atoms. The van der Waals surface area contributed by atoms with Crippen molar-refractivity contribution in [3.05, 3.63) is 49.0 Å². The summed E-state index contributed by atoms with van der Waals surface area (Å²) < 4.78 is 2.90. The van der Waals surface area contributed by atoms with Crippen LogP contribution in [0.2, 0.25) is 0 Å². The molecule has 0 aliphatic carbocycles. The number of aromatic nitrogens is 2. The van der Waals surface area contributed by atoms with Gasteiger partial charge in [0.1, 0.15) is 4.70 Å². The van der Waals surface area contributed by atoms with Crippen LogP contribution < -0.4 is 5.56 Å². The van der Waals surface area contributed by atoms with Crippen LogP contribution in [0.3, 0.4) is 0 Å². The number of thiophene rings is 2. The van der Waals surface area contributed by atoms with Crippen LogP contribution >= 0.6 is 34.9 Å². The Hall–Kier alpha value is -1.24. The van der Waals surface area contributed by atoms with Crippen molar-refractivity contribution in [2.24, 2.45) is 0 Å². The van der Waals surface area contributed by atoms with E-state index in [4.69, 9.17) is 12.2 Å². The molecule has 3 aromatic heterocycles. The highest BCUT2D eigenvalue weighted by atomic mass is 32.1. The summed E-state index contributed by atoms with van der Waals surface area (Å²) >= 11 is 8.51. The summed E-state index contributed by atoms with van der Waals surface area (Å²) in [5, 5.41) is 3.97. The lowest BCUT2D eigenvalue weighted by Gasteiger charge is -2.24. The Kier molecular flexibility index (Phi) is 3.40. The van der Waals surface area contributed by atoms with Gasteiger partial charge in [0.2, 0.25) is 0 Å². The quantitative estimate of drug-likeness (QED) is 0.735. The maximum absolute atomic E-state index is 12.5. The number of fused-ring (bicyclic) bond motifs is 1. The van der Waals surface area contributed by atoms with Crippen molar-refractivity contribution < 1.29 is 0 Å². The number of hydrogen-bond acceptors (Lipinski definition) is 4. The molecule has 3 heterocycles. The summed E-state index contributed by atoms with van der Waals surface area (Å²) in [6.45, 7) is 4.85. The summed E-state index contributed by atoms with van der Waals surface area (Å²) in [6.07, 6.45) is 0. The molecule has 0 saturated heterocycles. The fraction of sp³-hybridized carbons (Fsp3) is 0.286. The average molecular weight is 322 g/mol. The van der Waals surface area contributed by atoms with E-state index in [2.05, 4.69) is 30.3 Å². The Bertz CT molecular complexity index is 853. The monoisotopic (exact) mass is 322 g/mol. The molecule has 0 amide bonds. The highest BCUT2D eigenvalue weighted by Crippen LogP contribution is 2.29. The molecule has 3 rings (SSSR count). The molecule has 0 fully saturated rings. The molecule has 0 saturated carbocycles. The molecule has 3 aromatic rings. The second kappa shape index (κ2) is 4.95. The van der Waals surface area contributed by atoms with Gasteiger partial charge in [-0.2, -0.15) is 0 Å². The third kappa shape index (κ3) is 2.28. The topological polar surface area (TPSA) is 37.8 Å². The zero-order valence-electron chi connectivity index (χ0n) is 11.2. The molecule has 3 nitrogen and oxygen atoms in total. The molecule has 0 spiro atoms. The Labute approximate surface area is 129 Å². The predicted molar refractivity (Wildman–Crippen MR) is 88.6 cm³/mol. The van der Waals surface area contributed by atoms with Crippen LogP contribution in [0.1, 0.15) is 18.7 Å². The van der Waals surface area contributed by atoms with Crippen molar-refractivity contribution in [1.82, 2.24) is 9.55 Å². The van der Waals surface area contributed by atoms with Crippen LogP contribution in [0, 0.1) is 4.77 Å². The minimum absolute atomic E-state index is 0.00313. The van der Waals surface area contributed by atoms with Gasteiger partial charge in [-0.25, -0.2) is 0 Å². The molecule has 20 heavy (non-hydrogen) atoms. The van der Waals surface area contributed by atoms with Crippen LogP contribution in [0.25, 0.3) is 10.2 Å². The molecule has 1 N–H and O–H groups in total. The second-order valence-electron chi connectivity index (χ2n) is 5.35. The highest BCUT2D eigenvalue weighted by molar-refractivity contribution is 7.71. The third-order valence-corrected chi connectivity index (χ3v) is 5.79. The normalized spacial score (nSPS) is 12.1. The van der Waals surface area contributed by atoms with E-state index in [9.17, 15) is 4.79 Å². The molecule has 0 aliphatic heterocycles. The van der Waals surface area contributed by atoms with Crippen LogP contribution in [-0.4, -0.2) is 9.55 Å². The van der Waals surface area contributed by atoms with Gasteiger partial charge in [0.15, 0.2) is 4.77 Å². The molecular formula is C14H14N2OS3. The third-order valence-electron chi connectivity index (χ3n) is 3.33. The van der Waals surface area contributed by atoms with Crippen molar-refractivity contribution >= 4 is 45.1 Å². The van der Waals surface area contributed by atoms with Crippen LogP contribution in [0.15, 0.2) is 33.8 Å². The van der Waals surface area contributed by atoms with Crippen molar-refractivity contribution in [1.29, 1.82) is 0 Å². The Balaban J connectivity index is 2.11. The number of nitrogens with one attached hydrogen (secondary N) is 1. The summed E-state index contributed by atoms with van der Waals surface area (Å²) in [6, 6.07) is 6.03. The lowest BCUT2D eigenvalue weighted by atomic mass is 9.91. The van der Waals surface area contributed by atoms with E-state index in [0.29, 0.717) is 11.3 Å². The average Bonchev–Trinajstić information content (AvgIpc) is 3.04. The predicted octanol–water partition coefficient (Wildman–Crippen LogP) is 4.16. The van der Waals surface area contributed by atoms with Gasteiger partial charge in [-0.05, 0) is 35.1 Å². The van der Waals surface area contributed by atoms with Crippen LogP contribution in [0.5, 0.6) is 0 Å². The van der Waals surface area contributed by atoms with E-state index < -0.39 is 0 Å². The summed E-state index contributed by atoms with van der Waals surface area (Å²) in [5.41, 5.74) is 0.711. The summed E-state index contributed by atoms with van der Waals surface area (Å²) in [7, 11) is 0. The van der Waals surface area contributed by atoms with Gasteiger partial charge in [0, 0.05) is 16.8 Å². The lowest BCUT2D eigenvalue weighted by molar-refractivity contribution is 0.430. The zero-order chi connectivity index (χ0) is 14.3. The minimum Gasteiger partial charge on any atom is -0.331 e. The fourth-order valence-corrected chi connectivity index (χ4v) is 4.15. The molecule has 104 valence electrons. The first kappa shape index (κ1) is 13.7. The first-order valence-electron chi connectivity index (χ1n) is 6.23. The van der Waals surface area contributed by atoms with Crippen molar-refractivity contribution in [3.63, 3.8) is 0 Å². The van der Waals surface area contributed by atoms with Gasteiger partial charge in [0.25, 0.3) is 5.56 Å². The number of nitrogens with zero attached hydrogens (tertiary/aromatic N) is 1. The van der Waals surface area contributed by atoms with E-state index in [0.717, 1.165) is 10.2 Å². The SMILES string of the molecule is CC(C)(Cn1c(=S)[nH]c2ccsc2c1=O)c1cccs1. The van der Waals surface area contributed by atoms with Gasteiger partial charge < -0.3 is 4.98 Å². The van der Waals surface area contributed by atoms with E-state index in [-0.39, 0.29) is 11.0 Å². The second-order valence-corrected chi connectivity index (χ2v) is 7.60. The lowest BCUT2D eigenvalue weighted by Crippen LogP contribution is -2.31. The van der Waals surface area contributed by atoms with Crippen molar-refractivity contribution in [3.8, 4) is 0 Å². The van der Waals surface area contributed by atoms with E-state index in [1.807, 2.05) is 17.5 Å². The standard InChI is InChI=1S/C14H14N2OS3/c1-14(2,10-4-3-6-19-10)8-16-12(17)11-9(5-7-20-11)15-13(16)18/h3-7H,8H2,1-2H3,(H,15,18). The molecule has 0 radical (unpaired) electrons. The molecular weight excluding hydrogens is 308 g/mol. The largest absolute Gasteiger partial charge is 0.331 e. The van der Waals surface area contributed by atoms with Gasteiger partial charge >= 0.3 is 0 Å². The van der Waals surface area contributed by atoms with Crippen molar-refractivity contribution in [2.75, 3.05) is 0 Å². The van der Waals surface area contributed by atoms with Gasteiger partial charge in [0.05, 0.1) is 5.52 Å². The van der Waals surface area contributed by atoms with Gasteiger partial charge in [-0.15, -0.1) is 22.7 Å². The van der Waals surface area contributed by atoms with Crippen LogP contribution in [0.4, 0.5) is 0 Å². The summed E-state index contributed by atoms with van der Waals surface area (Å²) in [5.74, 6) is 0. The smallest absolute Gasteiger partial charge is 0.272 e. The Morgan fingerprint density at radius 1 is 1.30 bits per heavy atom. The van der Waals surface area contributed by atoms with E-state index >= 15 is 0 Å². The Morgan fingerprint density at radius 2 is 2.10 bits per heavy atom. The fourth-order valence-electron chi connectivity index (χ4n) is 2.25. The molecule has 0 atom stereocenters. The molecule has 0 aromatic carbocycles. The Morgan fingerprint density at radius 3 is 2.80 bits per heavy atom. The first-order valence-corrected chi connectivity index (χ1v) is 8.40. The van der Waals surface area contributed by atoms with E-state index in [1.165, 1.54) is 16.2 Å².